The lowest BCUT2D eigenvalue weighted by molar-refractivity contribution is 0.0428. The van der Waals surface area contributed by atoms with E-state index in [0.29, 0.717) is 11.4 Å². The molecule has 0 N–H and O–H groups in total. The van der Waals surface area contributed by atoms with Crippen LogP contribution in [0, 0.1) is 6.92 Å². The molecule has 0 bridgehead atoms. The molecule has 7 nitrogen and oxygen atoms in total. The van der Waals surface area contributed by atoms with E-state index in [1.807, 2.05) is 24.3 Å². The van der Waals surface area contributed by atoms with Gasteiger partial charge in [0.15, 0.2) is 16.4 Å². The van der Waals surface area contributed by atoms with Gasteiger partial charge in [-0.15, -0.1) is 0 Å². The zero-order valence-electron chi connectivity index (χ0n) is 15.8. The van der Waals surface area contributed by atoms with E-state index in [1.54, 1.807) is 13.0 Å². The molecule has 3 aromatic rings. The van der Waals surface area contributed by atoms with E-state index in [-0.39, 0.29) is 23.0 Å². The minimum Gasteiger partial charge on any atom is -0.452 e. The molecule has 2 aromatic carbocycles. The first-order valence-electron chi connectivity index (χ1n) is 8.67. The first kappa shape index (κ1) is 19.8. The predicted molar refractivity (Wildman–Crippen MR) is 103 cm³/mol. The van der Waals surface area contributed by atoms with Gasteiger partial charge >= 0.3 is 5.97 Å². The van der Waals surface area contributed by atoms with Crippen molar-refractivity contribution < 1.29 is 22.5 Å². The van der Waals surface area contributed by atoms with Crippen LogP contribution in [-0.4, -0.2) is 30.8 Å². The molecule has 0 radical (unpaired) electrons. The average Bonchev–Trinajstić information content (AvgIpc) is 3.14. The van der Waals surface area contributed by atoms with Gasteiger partial charge in [-0.05, 0) is 36.6 Å². The van der Waals surface area contributed by atoms with Crippen molar-refractivity contribution in [2.24, 2.45) is 0 Å². The van der Waals surface area contributed by atoms with Crippen LogP contribution in [0.5, 0.6) is 0 Å². The maximum atomic E-state index is 12.4. The van der Waals surface area contributed by atoms with E-state index in [0.717, 1.165) is 18.2 Å². The normalized spacial score (nSPS) is 11.4. The summed E-state index contributed by atoms with van der Waals surface area (Å²) in [4.78, 5) is 16.6. The summed E-state index contributed by atoms with van der Waals surface area (Å²) in [5, 5.41) is 3.90. The third kappa shape index (κ3) is 4.45. The number of carbonyl (C=O) groups is 1. The molecule has 0 aliphatic heterocycles. The number of aryl methyl sites for hydroxylation is 2. The topological polar surface area (TPSA) is 99.4 Å². The molecule has 3 rings (SSSR count). The van der Waals surface area contributed by atoms with Gasteiger partial charge in [0.1, 0.15) is 0 Å². The van der Waals surface area contributed by atoms with Gasteiger partial charge in [-0.2, -0.15) is 4.98 Å². The van der Waals surface area contributed by atoms with Crippen LogP contribution < -0.4 is 0 Å². The highest BCUT2D eigenvalue weighted by Gasteiger charge is 2.17. The molecule has 0 atom stereocenters. The molecule has 1 aromatic heterocycles. The van der Waals surface area contributed by atoms with Gasteiger partial charge in [-0.25, -0.2) is 13.2 Å². The molecule has 0 aliphatic carbocycles. The van der Waals surface area contributed by atoms with Crippen LogP contribution in [0.3, 0.4) is 0 Å². The van der Waals surface area contributed by atoms with Crippen LogP contribution in [0.25, 0.3) is 11.4 Å². The molecule has 8 heteroatoms. The molecule has 1 heterocycles. The van der Waals surface area contributed by atoms with Crippen molar-refractivity contribution in [2.75, 3.05) is 6.26 Å². The first-order valence-corrected chi connectivity index (χ1v) is 10.6. The van der Waals surface area contributed by atoms with Crippen LogP contribution in [0.2, 0.25) is 0 Å². The van der Waals surface area contributed by atoms with Crippen molar-refractivity contribution in [2.45, 2.75) is 31.8 Å². The second kappa shape index (κ2) is 7.93. The maximum absolute atomic E-state index is 12.4. The molecule has 0 aliphatic rings. The summed E-state index contributed by atoms with van der Waals surface area (Å²) < 4.78 is 33.7. The van der Waals surface area contributed by atoms with E-state index < -0.39 is 15.8 Å². The van der Waals surface area contributed by atoms with Crippen molar-refractivity contribution in [3.63, 3.8) is 0 Å². The number of hydrogen-bond donors (Lipinski definition) is 0. The zero-order chi connectivity index (χ0) is 20.3. The molecule has 146 valence electrons. The van der Waals surface area contributed by atoms with Gasteiger partial charge in [0.05, 0.1) is 10.5 Å². The van der Waals surface area contributed by atoms with Crippen LogP contribution >= 0.6 is 0 Å². The summed E-state index contributed by atoms with van der Waals surface area (Å²) >= 11 is 0. The third-order valence-corrected chi connectivity index (χ3v) is 5.38. The number of aromatic nitrogens is 2. The Morgan fingerprint density at radius 2 is 1.86 bits per heavy atom. The van der Waals surface area contributed by atoms with Gasteiger partial charge in [-0.1, -0.05) is 42.4 Å². The number of benzene rings is 2. The Morgan fingerprint density at radius 3 is 2.50 bits per heavy atom. The highest BCUT2D eigenvalue weighted by molar-refractivity contribution is 7.90. The summed E-state index contributed by atoms with van der Waals surface area (Å²) in [6.45, 7) is 3.57. The van der Waals surface area contributed by atoms with Gasteiger partial charge in [-0.3, -0.25) is 0 Å². The Kier molecular flexibility index (Phi) is 5.60. The minimum atomic E-state index is -3.42. The summed E-state index contributed by atoms with van der Waals surface area (Å²) in [5.41, 5.74) is 2.79. The van der Waals surface area contributed by atoms with Crippen molar-refractivity contribution >= 4 is 15.8 Å². The molecule has 28 heavy (non-hydrogen) atoms. The lowest BCUT2D eigenvalue weighted by atomic mass is 10.1. The second-order valence-electron chi connectivity index (χ2n) is 6.39. The van der Waals surface area contributed by atoms with E-state index in [2.05, 4.69) is 17.1 Å². The lowest BCUT2D eigenvalue weighted by Crippen LogP contribution is -2.09. The number of nitrogens with zero attached hydrogens (tertiary/aromatic N) is 2. The minimum absolute atomic E-state index is 0.0562. The predicted octanol–water partition coefficient (Wildman–Crippen LogP) is 3.37. The number of hydrogen-bond acceptors (Lipinski definition) is 7. The van der Waals surface area contributed by atoms with Gasteiger partial charge in [0.2, 0.25) is 5.82 Å². The van der Waals surface area contributed by atoms with E-state index >= 15 is 0 Å². The molecular formula is C20H20N2O5S. The average molecular weight is 400 g/mol. The number of rotatable bonds is 6. The lowest BCUT2D eigenvalue weighted by Gasteiger charge is -2.07. The van der Waals surface area contributed by atoms with Crippen molar-refractivity contribution in [1.29, 1.82) is 0 Å². The Labute approximate surface area is 163 Å². The number of ether oxygens (including phenoxy) is 1. The molecule has 0 fully saturated rings. The monoisotopic (exact) mass is 400 g/mol. The largest absolute Gasteiger partial charge is 0.452 e. The molecular weight excluding hydrogens is 380 g/mol. The van der Waals surface area contributed by atoms with Crippen LogP contribution in [0.1, 0.15) is 34.3 Å². The van der Waals surface area contributed by atoms with E-state index in [1.165, 1.54) is 17.7 Å². The van der Waals surface area contributed by atoms with Gasteiger partial charge in [0.25, 0.3) is 5.89 Å². The molecule has 0 unspecified atom stereocenters. The fourth-order valence-corrected chi connectivity index (χ4v) is 3.22. The van der Waals surface area contributed by atoms with Crippen molar-refractivity contribution in [3.05, 3.63) is 65.0 Å². The highest BCUT2D eigenvalue weighted by Crippen LogP contribution is 2.19. The van der Waals surface area contributed by atoms with E-state index in [9.17, 15) is 13.2 Å². The second-order valence-corrected chi connectivity index (χ2v) is 8.40. The van der Waals surface area contributed by atoms with Crippen LogP contribution in [0.4, 0.5) is 0 Å². The van der Waals surface area contributed by atoms with Gasteiger partial charge in [0, 0.05) is 11.8 Å². The quantitative estimate of drug-likeness (QED) is 0.585. The van der Waals surface area contributed by atoms with Crippen molar-refractivity contribution in [3.8, 4) is 11.4 Å². The standard InChI is InChI=1S/C20H20N2O5S/c1-4-14-6-8-15(9-7-14)19-21-18(27-22-19)12-26-20(23)17-11-16(28(3,24)25)10-5-13(17)2/h5-11H,4,12H2,1-3H3. The SMILES string of the molecule is CCc1ccc(-c2noc(COC(=O)c3cc(S(C)(=O)=O)ccc3C)n2)cc1. The van der Waals surface area contributed by atoms with E-state index in [4.69, 9.17) is 9.26 Å². The number of sulfone groups is 1. The summed E-state index contributed by atoms with van der Waals surface area (Å²) in [5.74, 6) is -0.0983. The van der Waals surface area contributed by atoms with Crippen LogP contribution in [-0.2, 0) is 27.6 Å². The van der Waals surface area contributed by atoms with Gasteiger partial charge < -0.3 is 9.26 Å². The first-order chi connectivity index (χ1) is 13.3. The fourth-order valence-electron chi connectivity index (χ4n) is 2.58. The zero-order valence-corrected chi connectivity index (χ0v) is 16.6. The Bertz CT molecular complexity index is 1100. The molecule has 0 amide bonds. The van der Waals surface area contributed by atoms with Crippen molar-refractivity contribution in [1.82, 2.24) is 10.1 Å². The molecule has 0 spiro atoms. The number of carbonyl (C=O) groups excluding carboxylic acids is 1. The summed E-state index contributed by atoms with van der Waals surface area (Å²) in [6.07, 6.45) is 2.02. The summed E-state index contributed by atoms with van der Waals surface area (Å²) in [6, 6.07) is 12.1. The number of esters is 1. The Hall–Kier alpha value is -3.00. The maximum Gasteiger partial charge on any atom is 0.338 e. The third-order valence-electron chi connectivity index (χ3n) is 4.27. The molecule has 0 saturated carbocycles. The Morgan fingerprint density at radius 1 is 1.14 bits per heavy atom. The summed E-state index contributed by atoms with van der Waals surface area (Å²) in [7, 11) is -3.42. The highest BCUT2D eigenvalue weighted by atomic mass is 32.2. The fraction of sp³-hybridized carbons (Fsp3) is 0.250. The van der Waals surface area contributed by atoms with Crippen LogP contribution in [0.15, 0.2) is 51.9 Å². The molecule has 0 saturated heterocycles. The smallest absolute Gasteiger partial charge is 0.338 e. The Balaban J connectivity index is 1.71.